The van der Waals surface area contributed by atoms with Crippen LogP contribution in [0.1, 0.15) is 28.9 Å². The van der Waals surface area contributed by atoms with Gasteiger partial charge in [0.1, 0.15) is 6.04 Å². The highest BCUT2D eigenvalue weighted by atomic mass is 16.4. The van der Waals surface area contributed by atoms with Crippen molar-refractivity contribution in [3.8, 4) is 0 Å². The predicted molar refractivity (Wildman–Crippen MR) is 120 cm³/mol. The fourth-order valence-electron chi connectivity index (χ4n) is 3.06. The molecule has 0 aliphatic carbocycles. The van der Waals surface area contributed by atoms with Crippen LogP contribution in [0.5, 0.6) is 0 Å². The second kappa shape index (κ2) is 9.72. The van der Waals surface area contributed by atoms with Crippen LogP contribution in [0.2, 0.25) is 0 Å². The number of primary amides is 1. The minimum absolute atomic E-state index is 0.0207. The van der Waals surface area contributed by atoms with Crippen molar-refractivity contribution >= 4 is 46.4 Å². The molecule has 0 bridgehead atoms. The van der Waals surface area contributed by atoms with E-state index in [-0.39, 0.29) is 24.6 Å². The molecular weight excluding hydrogens is 430 g/mol. The maximum absolute atomic E-state index is 12.4. The van der Waals surface area contributed by atoms with E-state index in [4.69, 9.17) is 22.3 Å². The molecule has 13 heteroatoms. The van der Waals surface area contributed by atoms with Crippen LogP contribution in [0.25, 0.3) is 11.2 Å². The number of fused-ring (bicyclic) bond motifs is 1. The third kappa shape index (κ3) is 5.78. The Kier molecular flexibility index (Phi) is 6.81. The van der Waals surface area contributed by atoms with E-state index in [1.54, 1.807) is 30.5 Å². The molecule has 1 atom stereocenters. The summed E-state index contributed by atoms with van der Waals surface area (Å²) in [5, 5.41) is 11.2. The van der Waals surface area contributed by atoms with E-state index in [0.717, 1.165) is 5.69 Å². The van der Waals surface area contributed by atoms with Crippen molar-refractivity contribution in [1.82, 2.24) is 25.3 Å². The zero-order chi connectivity index (χ0) is 24.1. The number of carbonyl (C=O) groups excluding carboxylic acids is 2. The molecule has 8 N–H and O–H groups in total. The Bertz CT molecular complexity index is 1200. The zero-order valence-corrected chi connectivity index (χ0v) is 17.7. The van der Waals surface area contributed by atoms with Gasteiger partial charge in [0, 0.05) is 24.7 Å². The molecule has 0 aliphatic heterocycles. The number of carboxylic acids is 1. The lowest BCUT2D eigenvalue weighted by Crippen LogP contribution is -2.44. The number of nitrogen functional groups attached to an aromatic ring is 2. The summed E-state index contributed by atoms with van der Waals surface area (Å²) in [5.41, 5.74) is 19.0. The van der Waals surface area contributed by atoms with Gasteiger partial charge in [-0.15, -0.1) is 0 Å². The van der Waals surface area contributed by atoms with Crippen molar-refractivity contribution in [2.75, 3.05) is 23.4 Å². The van der Waals surface area contributed by atoms with Gasteiger partial charge in [-0.25, -0.2) is 9.97 Å². The molecule has 0 unspecified atom stereocenters. The Morgan fingerprint density at radius 3 is 2.45 bits per heavy atom. The number of nitrogens with one attached hydrogen (secondary N) is 1. The molecule has 0 radical (unpaired) electrons. The van der Waals surface area contributed by atoms with Crippen LogP contribution in [0, 0.1) is 0 Å². The largest absolute Gasteiger partial charge is 0.481 e. The number of carboxylic acid groups (broad SMARTS) is 1. The van der Waals surface area contributed by atoms with E-state index in [1.165, 1.54) is 0 Å². The van der Waals surface area contributed by atoms with Gasteiger partial charge >= 0.3 is 5.97 Å². The molecule has 2 amide bonds. The third-order valence-corrected chi connectivity index (χ3v) is 4.77. The predicted octanol–water partition coefficient (Wildman–Crippen LogP) is -0.331. The molecule has 2 heterocycles. The number of nitrogens with two attached hydrogens (primary N) is 3. The van der Waals surface area contributed by atoms with Crippen LogP contribution in [0.4, 0.5) is 17.5 Å². The SMILES string of the molecule is CN(Cc1cnc2nc(N)nc(N)c2n1)c1ccc(C(=O)N[C@@H](CCC(=O)O)C(N)=O)cc1. The second-order valence-corrected chi connectivity index (χ2v) is 7.26. The number of anilines is 3. The van der Waals surface area contributed by atoms with E-state index in [1.807, 2.05) is 11.9 Å². The van der Waals surface area contributed by atoms with Crippen LogP contribution in [0.15, 0.2) is 30.5 Å². The van der Waals surface area contributed by atoms with Crippen LogP contribution in [0.3, 0.4) is 0 Å². The number of rotatable bonds is 9. The summed E-state index contributed by atoms with van der Waals surface area (Å²) < 4.78 is 0. The number of nitrogens with zero attached hydrogens (tertiary/aromatic N) is 5. The zero-order valence-electron chi connectivity index (χ0n) is 17.7. The number of aliphatic carboxylic acids is 1. The first-order chi connectivity index (χ1) is 15.6. The molecule has 172 valence electrons. The molecule has 13 nitrogen and oxygen atoms in total. The standard InChI is InChI=1S/C20H23N9O4/c1-29(9-11-8-24-18-15(25-11)16(21)27-20(23)28-18)12-4-2-10(3-5-12)19(33)26-13(17(22)32)6-7-14(30)31/h2-5,8,13H,6-7,9H2,1H3,(H2,22,32)(H,26,33)(H,30,31)(H4,21,23,24,27,28)/t13-/m0/s1. The third-order valence-electron chi connectivity index (χ3n) is 4.77. The lowest BCUT2D eigenvalue weighted by Gasteiger charge is -2.19. The van der Waals surface area contributed by atoms with Gasteiger partial charge in [-0.05, 0) is 30.7 Å². The van der Waals surface area contributed by atoms with Crippen molar-refractivity contribution in [2.24, 2.45) is 5.73 Å². The molecule has 0 spiro atoms. The summed E-state index contributed by atoms with van der Waals surface area (Å²) in [4.78, 5) is 53.1. The molecule has 2 aromatic heterocycles. The molecule has 1 aromatic carbocycles. The van der Waals surface area contributed by atoms with Crippen molar-refractivity contribution < 1.29 is 19.5 Å². The van der Waals surface area contributed by atoms with Gasteiger partial charge in [0.05, 0.1) is 18.4 Å². The van der Waals surface area contributed by atoms with Gasteiger partial charge < -0.3 is 32.5 Å². The Morgan fingerprint density at radius 2 is 1.82 bits per heavy atom. The maximum Gasteiger partial charge on any atom is 0.303 e. The van der Waals surface area contributed by atoms with Crippen molar-refractivity contribution in [2.45, 2.75) is 25.4 Å². The van der Waals surface area contributed by atoms with Gasteiger partial charge in [-0.1, -0.05) is 0 Å². The number of aromatic nitrogens is 4. The second-order valence-electron chi connectivity index (χ2n) is 7.26. The first-order valence-electron chi connectivity index (χ1n) is 9.82. The molecule has 33 heavy (non-hydrogen) atoms. The molecule has 0 fully saturated rings. The molecule has 3 rings (SSSR count). The number of hydrogen-bond acceptors (Lipinski definition) is 10. The van der Waals surface area contributed by atoms with E-state index in [2.05, 4.69) is 25.3 Å². The average molecular weight is 453 g/mol. The van der Waals surface area contributed by atoms with E-state index < -0.39 is 23.8 Å². The fourth-order valence-corrected chi connectivity index (χ4v) is 3.06. The molecular formula is C20H23N9O4. The summed E-state index contributed by atoms with van der Waals surface area (Å²) in [6.45, 7) is 0.386. The normalized spacial score (nSPS) is 11.7. The van der Waals surface area contributed by atoms with Gasteiger partial charge in [0.15, 0.2) is 17.0 Å². The highest BCUT2D eigenvalue weighted by Crippen LogP contribution is 2.19. The van der Waals surface area contributed by atoms with E-state index in [0.29, 0.717) is 29.0 Å². The Balaban J connectivity index is 1.67. The number of amides is 2. The average Bonchev–Trinajstić information content (AvgIpc) is 2.76. The van der Waals surface area contributed by atoms with Crippen molar-refractivity contribution in [1.29, 1.82) is 0 Å². The lowest BCUT2D eigenvalue weighted by atomic mass is 10.1. The molecule has 3 aromatic rings. The minimum Gasteiger partial charge on any atom is -0.481 e. The summed E-state index contributed by atoms with van der Waals surface area (Å²) in [6, 6.07) is 5.53. The number of benzene rings is 1. The fraction of sp³-hybridized carbons (Fsp3) is 0.250. The number of hydrogen-bond donors (Lipinski definition) is 5. The summed E-state index contributed by atoms with van der Waals surface area (Å²) in [7, 11) is 1.83. The molecule has 0 saturated carbocycles. The highest BCUT2D eigenvalue weighted by molar-refractivity contribution is 5.97. The van der Waals surface area contributed by atoms with Gasteiger partial charge in [0.2, 0.25) is 11.9 Å². The Labute approximate surface area is 188 Å². The summed E-state index contributed by atoms with van der Waals surface area (Å²) in [6.07, 6.45) is 1.18. The maximum atomic E-state index is 12.4. The minimum atomic E-state index is -1.08. The first-order valence-corrected chi connectivity index (χ1v) is 9.82. The first kappa shape index (κ1) is 23.1. The summed E-state index contributed by atoms with van der Waals surface area (Å²) in [5.74, 6) is -2.26. The smallest absolute Gasteiger partial charge is 0.303 e. The van der Waals surface area contributed by atoms with Crippen LogP contribution >= 0.6 is 0 Å². The quantitative estimate of drug-likeness (QED) is 0.282. The van der Waals surface area contributed by atoms with Crippen LogP contribution in [-0.2, 0) is 16.1 Å². The van der Waals surface area contributed by atoms with Gasteiger partial charge in [0.25, 0.3) is 5.91 Å². The van der Waals surface area contributed by atoms with Crippen LogP contribution < -0.4 is 27.4 Å². The van der Waals surface area contributed by atoms with Crippen molar-refractivity contribution in [3.63, 3.8) is 0 Å². The topological polar surface area (TPSA) is 216 Å². The molecule has 0 aliphatic rings. The number of carbonyl (C=O) groups is 3. The Morgan fingerprint density at radius 1 is 1.12 bits per heavy atom. The Hall–Kier alpha value is -4.55. The monoisotopic (exact) mass is 453 g/mol. The molecule has 0 saturated heterocycles. The van der Waals surface area contributed by atoms with E-state index >= 15 is 0 Å². The highest BCUT2D eigenvalue weighted by Gasteiger charge is 2.20. The summed E-state index contributed by atoms with van der Waals surface area (Å²) >= 11 is 0. The van der Waals surface area contributed by atoms with Crippen LogP contribution in [-0.4, -0.2) is 55.9 Å². The van der Waals surface area contributed by atoms with E-state index in [9.17, 15) is 14.4 Å². The van der Waals surface area contributed by atoms with Crippen molar-refractivity contribution in [3.05, 3.63) is 41.7 Å². The lowest BCUT2D eigenvalue weighted by molar-refractivity contribution is -0.137. The van der Waals surface area contributed by atoms with Gasteiger partial charge in [-0.2, -0.15) is 9.97 Å². The van der Waals surface area contributed by atoms with Gasteiger partial charge in [-0.3, -0.25) is 14.4 Å².